The van der Waals surface area contributed by atoms with E-state index in [9.17, 15) is 19.8 Å². The van der Waals surface area contributed by atoms with Crippen LogP contribution in [-0.4, -0.2) is 63.8 Å². The van der Waals surface area contributed by atoms with Crippen molar-refractivity contribution in [2.45, 2.75) is 43.1 Å². The van der Waals surface area contributed by atoms with Crippen molar-refractivity contribution in [3.63, 3.8) is 0 Å². The Hall–Kier alpha value is -1.28. The Kier molecular flexibility index (Phi) is 10.3. The number of carbonyl (C=O) groups excluding carboxylic acids is 2. The molecule has 0 radical (unpaired) electrons. The second-order valence-corrected chi connectivity index (χ2v) is 9.52. The molecule has 2 rings (SSSR count). The van der Waals surface area contributed by atoms with E-state index in [2.05, 4.69) is 4.74 Å². The summed E-state index contributed by atoms with van der Waals surface area (Å²) < 4.78 is 4.60. The Bertz CT molecular complexity index is 679. The average molecular weight is 439 g/mol. The smallest absolute Gasteiger partial charge is 0.315 e. The summed E-state index contributed by atoms with van der Waals surface area (Å²) in [6.45, 7) is 1.96. The summed E-state index contributed by atoms with van der Waals surface area (Å²) in [4.78, 5) is 23.4. The maximum atomic E-state index is 12.3. The largest absolute Gasteiger partial charge is 0.468 e. The van der Waals surface area contributed by atoms with Crippen LogP contribution in [0.2, 0.25) is 0 Å². The summed E-state index contributed by atoms with van der Waals surface area (Å²) >= 11 is 3.07. The average Bonchev–Trinajstić information content (AvgIpc) is 3.00. The topological polar surface area (TPSA) is 83.8 Å². The van der Waals surface area contributed by atoms with Crippen LogP contribution in [0.25, 0.3) is 0 Å². The van der Waals surface area contributed by atoms with Gasteiger partial charge in [-0.2, -0.15) is 11.8 Å². The first-order chi connectivity index (χ1) is 13.9. The van der Waals surface area contributed by atoms with Crippen LogP contribution in [0.3, 0.4) is 0 Å². The molecule has 0 amide bonds. The van der Waals surface area contributed by atoms with E-state index >= 15 is 0 Å². The van der Waals surface area contributed by atoms with Gasteiger partial charge in [0.25, 0.3) is 0 Å². The molecule has 2 N–H and O–H groups in total. The molecule has 0 spiro atoms. The number of methoxy groups -OCH3 is 1. The first-order valence-electron chi connectivity index (χ1n) is 9.82. The lowest BCUT2D eigenvalue weighted by Crippen LogP contribution is -2.22. The second-order valence-electron chi connectivity index (χ2n) is 7.16. The summed E-state index contributed by atoms with van der Waals surface area (Å²) in [6, 6.07) is 9.78. The molecule has 1 fully saturated rings. The minimum absolute atomic E-state index is 0.0601. The number of aliphatic hydroxyl groups excluding tert-OH is 2. The third kappa shape index (κ3) is 7.48. The first kappa shape index (κ1) is 24.0. The van der Waals surface area contributed by atoms with Crippen molar-refractivity contribution in [2.24, 2.45) is 5.92 Å². The minimum Gasteiger partial charge on any atom is -0.468 e. The molecule has 0 aliphatic heterocycles. The van der Waals surface area contributed by atoms with E-state index in [0.717, 1.165) is 23.5 Å². The van der Waals surface area contributed by atoms with Crippen LogP contribution in [0.5, 0.6) is 0 Å². The molecule has 5 nitrogen and oxygen atoms in total. The number of carbonyl (C=O) groups is 2. The molecule has 1 aromatic rings. The van der Waals surface area contributed by atoms with Crippen LogP contribution < -0.4 is 0 Å². The summed E-state index contributed by atoms with van der Waals surface area (Å²) in [7, 11) is 1.38. The number of ether oxygens (including phenoxy) is 1. The molecule has 1 aliphatic rings. The lowest BCUT2D eigenvalue weighted by atomic mass is 9.94. The summed E-state index contributed by atoms with van der Waals surface area (Å²) in [6.07, 6.45) is 3.17. The number of rotatable bonds is 11. The first-order valence-corrected chi connectivity index (χ1v) is 12.0. The Labute approximate surface area is 181 Å². The monoisotopic (exact) mass is 438 g/mol. The fourth-order valence-electron chi connectivity index (χ4n) is 3.26. The maximum absolute atomic E-state index is 12.3. The van der Waals surface area contributed by atoms with Gasteiger partial charge in [-0.25, -0.2) is 0 Å². The highest BCUT2D eigenvalue weighted by Gasteiger charge is 2.40. The lowest BCUT2D eigenvalue weighted by Gasteiger charge is -2.20. The second kappa shape index (κ2) is 12.4. The molecule has 0 bridgehead atoms. The highest BCUT2D eigenvalue weighted by molar-refractivity contribution is 8.01. The summed E-state index contributed by atoms with van der Waals surface area (Å²) in [5, 5.41) is 20.5. The molecule has 2 unspecified atom stereocenters. The molecule has 1 aromatic carbocycles. The third-order valence-electron chi connectivity index (χ3n) is 5.07. The fourth-order valence-corrected chi connectivity index (χ4v) is 5.56. The van der Waals surface area contributed by atoms with Gasteiger partial charge in [-0.05, 0) is 23.5 Å². The van der Waals surface area contributed by atoms with Gasteiger partial charge in [0, 0.05) is 18.3 Å². The zero-order valence-electron chi connectivity index (χ0n) is 16.9. The van der Waals surface area contributed by atoms with Gasteiger partial charge < -0.3 is 14.9 Å². The number of hydrogen-bond acceptors (Lipinski definition) is 7. The zero-order valence-corrected chi connectivity index (χ0v) is 18.5. The van der Waals surface area contributed by atoms with Gasteiger partial charge in [0.05, 0.1) is 30.3 Å². The van der Waals surface area contributed by atoms with E-state index in [0.29, 0.717) is 5.75 Å². The number of esters is 1. The van der Waals surface area contributed by atoms with Gasteiger partial charge in [-0.15, -0.1) is 11.8 Å². The number of aliphatic hydroxyl groups is 2. The number of hydrogen-bond donors (Lipinski definition) is 2. The predicted octanol–water partition coefficient (Wildman–Crippen LogP) is 3.06. The van der Waals surface area contributed by atoms with Crippen LogP contribution in [0.15, 0.2) is 42.5 Å². The molecule has 160 valence electrons. The molecule has 1 saturated carbocycles. The molecule has 0 aromatic heterocycles. The van der Waals surface area contributed by atoms with Crippen molar-refractivity contribution in [1.29, 1.82) is 0 Å². The fraction of sp³-hybridized carbons (Fsp3) is 0.545. The van der Waals surface area contributed by atoms with Crippen LogP contribution in [0, 0.1) is 5.92 Å². The molecular formula is C22H30O5S2. The third-order valence-corrected chi connectivity index (χ3v) is 7.55. The van der Waals surface area contributed by atoms with Crippen LogP contribution in [0.4, 0.5) is 0 Å². The quantitative estimate of drug-likeness (QED) is 0.312. The van der Waals surface area contributed by atoms with Crippen molar-refractivity contribution in [1.82, 2.24) is 0 Å². The molecule has 1 aliphatic carbocycles. The van der Waals surface area contributed by atoms with E-state index < -0.39 is 12.2 Å². The van der Waals surface area contributed by atoms with Crippen molar-refractivity contribution < 1.29 is 24.5 Å². The van der Waals surface area contributed by atoms with Gasteiger partial charge in [0.2, 0.25) is 0 Å². The number of Topliss-reactive ketones (excluding diaryl/α,β-unsaturated/α-hetero) is 1. The normalized spacial score (nSPS) is 24.0. The molecule has 29 heavy (non-hydrogen) atoms. The van der Waals surface area contributed by atoms with Gasteiger partial charge in [0.1, 0.15) is 5.78 Å². The van der Waals surface area contributed by atoms with Gasteiger partial charge >= 0.3 is 5.97 Å². The number of ketones is 1. The lowest BCUT2D eigenvalue weighted by molar-refractivity contribution is -0.137. The minimum atomic E-state index is -0.704. The van der Waals surface area contributed by atoms with Crippen molar-refractivity contribution in [3.05, 3.63) is 48.0 Å². The van der Waals surface area contributed by atoms with E-state index in [1.165, 1.54) is 18.9 Å². The number of benzene rings is 1. The molecule has 0 saturated heterocycles. The Morgan fingerprint density at radius 2 is 2.03 bits per heavy atom. The maximum Gasteiger partial charge on any atom is 0.315 e. The van der Waals surface area contributed by atoms with Crippen molar-refractivity contribution in [2.75, 3.05) is 24.4 Å². The van der Waals surface area contributed by atoms with Gasteiger partial charge in [-0.1, -0.05) is 49.4 Å². The van der Waals surface area contributed by atoms with Crippen molar-refractivity contribution in [3.8, 4) is 0 Å². The SMILES string of the molecule is COC(=O)CSCCCS[C@H]1C(=O)C[C@@H](O)[C@@H]1/C=C/C(O)C(C)c1ccccc1. The van der Waals surface area contributed by atoms with Crippen LogP contribution in [0.1, 0.15) is 31.2 Å². The summed E-state index contributed by atoms with van der Waals surface area (Å²) in [5.74, 6) is 1.41. The standard InChI is InChI=1S/C22H30O5S2/c1-15(16-7-4-3-5-8-16)18(23)10-9-17-19(24)13-20(25)22(17)29-12-6-11-28-14-21(26)27-2/h3-5,7-10,15,17-19,22-24H,6,11-14H2,1-2H3/b10-9+/t15?,17-,18?,19+,22+/m0/s1. The van der Waals surface area contributed by atoms with E-state index in [1.54, 1.807) is 17.8 Å². The van der Waals surface area contributed by atoms with Gasteiger partial charge in [-0.3, -0.25) is 9.59 Å². The zero-order chi connectivity index (χ0) is 21.2. The summed E-state index contributed by atoms with van der Waals surface area (Å²) in [5.41, 5.74) is 1.04. The van der Waals surface area contributed by atoms with E-state index in [4.69, 9.17) is 0 Å². The Morgan fingerprint density at radius 1 is 1.31 bits per heavy atom. The van der Waals surface area contributed by atoms with Gasteiger partial charge in [0.15, 0.2) is 0 Å². The van der Waals surface area contributed by atoms with E-state index in [1.807, 2.05) is 43.3 Å². The Balaban J connectivity index is 1.84. The molecular weight excluding hydrogens is 408 g/mol. The van der Waals surface area contributed by atoms with E-state index in [-0.39, 0.29) is 35.3 Å². The predicted molar refractivity (Wildman–Crippen MR) is 119 cm³/mol. The highest BCUT2D eigenvalue weighted by atomic mass is 32.2. The molecule has 7 heteroatoms. The van der Waals surface area contributed by atoms with Crippen molar-refractivity contribution >= 4 is 35.3 Å². The molecule has 0 heterocycles. The van der Waals surface area contributed by atoms with Crippen LogP contribution in [-0.2, 0) is 14.3 Å². The number of thioether (sulfide) groups is 2. The highest BCUT2D eigenvalue weighted by Crippen LogP contribution is 2.35. The Morgan fingerprint density at radius 3 is 2.72 bits per heavy atom. The molecule has 5 atom stereocenters. The van der Waals surface area contributed by atoms with Crippen LogP contribution >= 0.6 is 23.5 Å².